The topological polar surface area (TPSA) is 62.5 Å². The van der Waals surface area contributed by atoms with Crippen LogP contribution in [0, 0.1) is 5.92 Å². The summed E-state index contributed by atoms with van der Waals surface area (Å²) in [5, 5.41) is 10.3. The van der Waals surface area contributed by atoms with Crippen LogP contribution >= 0.6 is 11.3 Å². The van der Waals surface area contributed by atoms with E-state index in [1.54, 1.807) is 11.3 Å². The largest absolute Gasteiger partial charge is 0.419 e. The molecule has 4 heterocycles. The lowest BCUT2D eigenvalue weighted by atomic mass is 9.94. The molecule has 1 amide bonds. The Hall–Kier alpha value is -1.73. The highest BCUT2D eigenvalue weighted by molar-refractivity contribution is 7.13. The first-order valence-electron chi connectivity index (χ1n) is 9.17. The Morgan fingerprint density at radius 3 is 2.68 bits per heavy atom. The zero-order valence-corrected chi connectivity index (χ0v) is 15.2. The van der Waals surface area contributed by atoms with E-state index in [1.807, 2.05) is 17.5 Å². The van der Waals surface area contributed by atoms with Crippen LogP contribution in [0.25, 0.3) is 10.8 Å². The molecule has 0 saturated carbocycles. The summed E-state index contributed by atoms with van der Waals surface area (Å²) in [6.45, 7) is 4.41. The molecular weight excluding hydrogens is 336 g/mol. The summed E-state index contributed by atoms with van der Waals surface area (Å²) in [5.41, 5.74) is 0. The molecule has 2 aliphatic rings. The fourth-order valence-corrected chi connectivity index (χ4v) is 4.36. The molecule has 2 fully saturated rings. The Morgan fingerprint density at radius 1 is 1.16 bits per heavy atom. The van der Waals surface area contributed by atoms with Crippen molar-refractivity contribution in [3.63, 3.8) is 0 Å². The van der Waals surface area contributed by atoms with Gasteiger partial charge in [-0.25, -0.2) is 0 Å². The minimum atomic E-state index is 0.193. The zero-order valence-electron chi connectivity index (χ0n) is 14.4. The number of aromatic nitrogens is 2. The molecule has 6 nitrogen and oxygen atoms in total. The molecule has 7 heteroatoms. The van der Waals surface area contributed by atoms with Gasteiger partial charge in [0.15, 0.2) is 0 Å². The van der Waals surface area contributed by atoms with Gasteiger partial charge < -0.3 is 9.32 Å². The van der Waals surface area contributed by atoms with Gasteiger partial charge in [-0.2, -0.15) is 0 Å². The van der Waals surface area contributed by atoms with Crippen LogP contribution in [0.2, 0.25) is 0 Å². The van der Waals surface area contributed by atoms with E-state index in [9.17, 15) is 4.79 Å². The number of amides is 1. The quantitative estimate of drug-likeness (QED) is 0.839. The third-order valence-electron chi connectivity index (χ3n) is 5.16. The fraction of sp³-hybridized carbons (Fsp3) is 0.611. The van der Waals surface area contributed by atoms with Crippen LogP contribution in [-0.2, 0) is 11.3 Å². The first-order chi connectivity index (χ1) is 12.3. The lowest BCUT2D eigenvalue weighted by molar-refractivity contribution is -0.138. The van der Waals surface area contributed by atoms with Gasteiger partial charge in [-0.1, -0.05) is 6.07 Å². The summed E-state index contributed by atoms with van der Waals surface area (Å²) in [4.78, 5) is 18.0. The number of likely N-dealkylation sites (tertiary alicyclic amines) is 2. The average molecular weight is 360 g/mol. The van der Waals surface area contributed by atoms with E-state index in [0.29, 0.717) is 24.2 Å². The number of carbonyl (C=O) groups is 1. The fourth-order valence-electron chi connectivity index (χ4n) is 3.72. The molecule has 0 radical (unpaired) electrons. The third-order valence-corrected chi connectivity index (χ3v) is 6.02. The van der Waals surface area contributed by atoms with Crippen LogP contribution in [-0.4, -0.2) is 52.1 Å². The molecule has 0 unspecified atom stereocenters. The van der Waals surface area contributed by atoms with Crippen molar-refractivity contribution in [2.75, 3.05) is 26.2 Å². The van der Waals surface area contributed by atoms with Gasteiger partial charge in [0, 0.05) is 19.0 Å². The Kier molecular flexibility index (Phi) is 5.12. The van der Waals surface area contributed by atoms with Gasteiger partial charge in [-0.05, 0) is 56.6 Å². The minimum absolute atomic E-state index is 0.193. The first-order valence-corrected chi connectivity index (χ1v) is 10.0. The van der Waals surface area contributed by atoms with Crippen LogP contribution < -0.4 is 0 Å². The number of carbonyl (C=O) groups excluding carboxylic acids is 1. The van der Waals surface area contributed by atoms with Crippen molar-refractivity contribution < 1.29 is 9.21 Å². The number of hydrogen-bond acceptors (Lipinski definition) is 6. The predicted molar refractivity (Wildman–Crippen MR) is 96.0 cm³/mol. The third kappa shape index (κ3) is 3.93. The van der Waals surface area contributed by atoms with Gasteiger partial charge in [0.1, 0.15) is 0 Å². The second kappa shape index (κ2) is 7.66. The standard InChI is InChI=1S/C18H24N4O2S/c23-18(22-8-2-1-3-9-22)14-6-10-21(11-7-14)13-16-19-20-17(24-16)15-5-4-12-25-15/h4-5,12,14H,1-3,6-11,13H2. The van der Waals surface area contributed by atoms with Gasteiger partial charge in [-0.15, -0.1) is 21.5 Å². The summed E-state index contributed by atoms with van der Waals surface area (Å²) >= 11 is 1.60. The van der Waals surface area contributed by atoms with Crippen molar-refractivity contribution in [2.24, 2.45) is 5.92 Å². The lowest BCUT2D eigenvalue weighted by Gasteiger charge is -2.35. The monoisotopic (exact) mass is 360 g/mol. The van der Waals surface area contributed by atoms with Gasteiger partial charge in [0.2, 0.25) is 11.8 Å². The van der Waals surface area contributed by atoms with E-state index in [0.717, 1.165) is 56.7 Å². The SMILES string of the molecule is O=C(C1CCN(Cc2nnc(-c3cccs3)o2)CC1)N1CCCCC1. The Morgan fingerprint density at radius 2 is 1.96 bits per heavy atom. The molecule has 25 heavy (non-hydrogen) atoms. The Balaban J connectivity index is 1.28. The molecule has 4 rings (SSSR count). The van der Waals surface area contributed by atoms with Crippen LogP contribution in [0.5, 0.6) is 0 Å². The summed E-state index contributed by atoms with van der Waals surface area (Å²) in [6, 6.07) is 3.97. The zero-order chi connectivity index (χ0) is 17.1. The van der Waals surface area contributed by atoms with Gasteiger partial charge in [-0.3, -0.25) is 9.69 Å². The molecule has 0 spiro atoms. The number of thiophene rings is 1. The molecular formula is C18H24N4O2S. The van der Waals surface area contributed by atoms with E-state index in [2.05, 4.69) is 20.0 Å². The highest BCUT2D eigenvalue weighted by Gasteiger charge is 2.29. The molecule has 0 aliphatic carbocycles. The second-order valence-corrected chi connectivity index (χ2v) is 7.86. The summed E-state index contributed by atoms with van der Waals surface area (Å²) in [6.07, 6.45) is 5.45. The molecule has 2 aromatic rings. The molecule has 0 atom stereocenters. The van der Waals surface area contributed by atoms with Crippen molar-refractivity contribution in [3.05, 3.63) is 23.4 Å². The highest BCUT2D eigenvalue weighted by atomic mass is 32.1. The number of nitrogens with zero attached hydrogens (tertiary/aromatic N) is 4. The second-order valence-electron chi connectivity index (χ2n) is 6.91. The van der Waals surface area contributed by atoms with Gasteiger partial charge >= 0.3 is 0 Å². The molecule has 2 aromatic heterocycles. The average Bonchev–Trinajstić information content (AvgIpc) is 3.34. The van der Waals surface area contributed by atoms with Crippen LogP contribution in [0.4, 0.5) is 0 Å². The van der Waals surface area contributed by atoms with Crippen LogP contribution in [0.15, 0.2) is 21.9 Å². The molecule has 2 saturated heterocycles. The predicted octanol–water partition coefficient (Wildman–Crippen LogP) is 3.02. The van der Waals surface area contributed by atoms with Crippen molar-refractivity contribution in [1.82, 2.24) is 20.0 Å². The van der Waals surface area contributed by atoms with E-state index in [1.165, 1.54) is 6.42 Å². The molecule has 0 bridgehead atoms. The van der Waals surface area contributed by atoms with E-state index < -0.39 is 0 Å². The van der Waals surface area contributed by atoms with Crippen molar-refractivity contribution in [1.29, 1.82) is 0 Å². The smallest absolute Gasteiger partial charge is 0.257 e. The van der Waals surface area contributed by atoms with Crippen LogP contribution in [0.3, 0.4) is 0 Å². The lowest BCUT2D eigenvalue weighted by Crippen LogP contribution is -2.44. The Labute approximate surface area is 151 Å². The van der Waals surface area contributed by atoms with Crippen molar-refractivity contribution >= 4 is 17.2 Å². The van der Waals surface area contributed by atoms with Crippen molar-refractivity contribution in [2.45, 2.75) is 38.6 Å². The number of hydrogen-bond donors (Lipinski definition) is 0. The maximum Gasteiger partial charge on any atom is 0.257 e. The van der Waals surface area contributed by atoms with Gasteiger partial charge in [0.05, 0.1) is 11.4 Å². The van der Waals surface area contributed by atoms with Gasteiger partial charge in [0.25, 0.3) is 5.89 Å². The van der Waals surface area contributed by atoms with E-state index in [-0.39, 0.29) is 5.92 Å². The summed E-state index contributed by atoms with van der Waals surface area (Å²) in [5.74, 6) is 1.82. The molecule has 2 aliphatic heterocycles. The summed E-state index contributed by atoms with van der Waals surface area (Å²) < 4.78 is 5.77. The number of rotatable bonds is 4. The maximum atomic E-state index is 12.6. The highest BCUT2D eigenvalue weighted by Crippen LogP contribution is 2.25. The molecule has 0 aromatic carbocycles. The minimum Gasteiger partial charge on any atom is -0.419 e. The Bertz CT molecular complexity index is 686. The van der Waals surface area contributed by atoms with Crippen molar-refractivity contribution in [3.8, 4) is 10.8 Å². The normalized spacial score (nSPS) is 20.1. The molecule has 0 N–H and O–H groups in total. The number of piperidine rings is 2. The van der Waals surface area contributed by atoms with E-state index in [4.69, 9.17) is 4.42 Å². The summed E-state index contributed by atoms with van der Waals surface area (Å²) in [7, 11) is 0. The van der Waals surface area contributed by atoms with E-state index >= 15 is 0 Å². The molecule has 134 valence electrons. The first kappa shape index (κ1) is 16.7. The maximum absolute atomic E-state index is 12.6. The van der Waals surface area contributed by atoms with Crippen LogP contribution in [0.1, 0.15) is 38.0 Å².